The number of nitrogens with one attached hydrogen (secondary N) is 3. The van der Waals surface area contributed by atoms with Gasteiger partial charge in [0.1, 0.15) is 11.4 Å². The molecule has 0 unspecified atom stereocenters. The van der Waals surface area contributed by atoms with Crippen molar-refractivity contribution in [2.75, 3.05) is 23.5 Å². The van der Waals surface area contributed by atoms with Crippen molar-refractivity contribution < 1.29 is 19.1 Å². The molecule has 3 N–H and O–H groups in total. The number of amides is 3. The van der Waals surface area contributed by atoms with Crippen LogP contribution in [-0.4, -0.2) is 30.6 Å². The van der Waals surface area contributed by atoms with Gasteiger partial charge >= 0.3 is 0 Å². The van der Waals surface area contributed by atoms with Gasteiger partial charge in [0.25, 0.3) is 11.8 Å². The molecule has 4 rings (SSSR count). The Morgan fingerprint density at radius 1 is 0.949 bits per heavy atom. The highest BCUT2D eigenvalue weighted by molar-refractivity contribution is 8.00. The molecular weight excluding hydrogens is 554 g/mol. The zero-order valence-electron chi connectivity index (χ0n) is 20.8. The average Bonchev–Trinajstić information content (AvgIpc) is 3.46. The molecule has 7 nitrogen and oxygen atoms in total. The van der Waals surface area contributed by atoms with Crippen molar-refractivity contribution in [1.82, 2.24) is 5.32 Å². The van der Waals surface area contributed by atoms with Crippen LogP contribution in [0.15, 0.2) is 100 Å². The van der Waals surface area contributed by atoms with E-state index in [1.165, 1.54) is 30.2 Å². The largest absolute Gasteiger partial charge is 0.495 e. The van der Waals surface area contributed by atoms with Crippen molar-refractivity contribution in [2.24, 2.45) is 0 Å². The molecule has 0 aliphatic carbocycles. The van der Waals surface area contributed by atoms with Gasteiger partial charge in [-0.25, -0.2) is 0 Å². The maximum Gasteiger partial charge on any atom is 0.272 e. The molecule has 10 heteroatoms. The number of hydrogen-bond acceptors (Lipinski definition) is 6. The van der Waals surface area contributed by atoms with E-state index in [-0.39, 0.29) is 23.3 Å². The van der Waals surface area contributed by atoms with Gasteiger partial charge in [-0.3, -0.25) is 14.4 Å². The third kappa shape index (κ3) is 8.22. The molecule has 0 spiro atoms. The molecule has 0 atom stereocenters. The molecule has 198 valence electrons. The fraction of sp³-hybridized carbons (Fsp3) is 0.0690. The van der Waals surface area contributed by atoms with Crippen molar-refractivity contribution >= 4 is 69.9 Å². The van der Waals surface area contributed by atoms with Crippen LogP contribution in [0.25, 0.3) is 6.08 Å². The summed E-state index contributed by atoms with van der Waals surface area (Å²) in [6, 6.07) is 22.7. The minimum absolute atomic E-state index is 0.121. The van der Waals surface area contributed by atoms with Gasteiger partial charge in [0.15, 0.2) is 0 Å². The third-order valence-electron chi connectivity index (χ3n) is 5.30. The second-order valence-corrected chi connectivity index (χ2v) is 10.3. The Morgan fingerprint density at radius 3 is 2.36 bits per heavy atom. The number of rotatable bonds is 10. The second kappa shape index (κ2) is 13.7. The van der Waals surface area contributed by atoms with Crippen molar-refractivity contribution in [1.29, 1.82) is 0 Å². The Hall–Kier alpha value is -4.05. The number of thiophene rings is 1. The summed E-state index contributed by atoms with van der Waals surface area (Å²) in [5.41, 5.74) is 2.50. The third-order valence-corrected chi connectivity index (χ3v) is 7.31. The maximum atomic E-state index is 13.1. The quantitative estimate of drug-likeness (QED) is 0.147. The summed E-state index contributed by atoms with van der Waals surface area (Å²) in [6.07, 6.45) is 1.63. The monoisotopic (exact) mass is 577 g/mol. The van der Waals surface area contributed by atoms with E-state index in [1.807, 2.05) is 35.0 Å². The predicted octanol–water partition coefficient (Wildman–Crippen LogP) is 6.55. The van der Waals surface area contributed by atoms with E-state index in [0.29, 0.717) is 27.7 Å². The van der Waals surface area contributed by atoms with E-state index in [9.17, 15) is 14.4 Å². The molecule has 39 heavy (non-hydrogen) atoms. The molecule has 1 heterocycles. The zero-order valence-corrected chi connectivity index (χ0v) is 23.2. The van der Waals surface area contributed by atoms with Crippen molar-refractivity contribution in [3.63, 3.8) is 0 Å². The van der Waals surface area contributed by atoms with Crippen LogP contribution in [0.3, 0.4) is 0 Å². The second-order valence-electron chi connectivity index (χ2n) is 8.10. The summed E-state index contributed by atoms with van der Waals surface area (Å²) in [6.45, 7) is 0. The average molecular weight is 578 g/mol. The van der Waals surface area contributed by atoms with E-state index in [2.05, 4.69) is 16.0 Å². The summed E-state index contributed by atoms with van der Waals surface area (Å²) in [5.74, 6) is -0.300. The number of anilines is 2. The van der Waals surface area contributed by atoms with Crippen molar-refractivity contribution in [2.45, 2.75) is 4.90 Å². The fourth-order valence-corrected chi connectivity index (χ4v) is 4.96. The first-order valence-corrected chi connectivity index (χ1v) is 14.0. The number of thioether (sulfide) groups is 1. The van der Waals surface area contributed by atoms with Gasteiger partial charge < -0.3 is 20.7 Å². The molecular formula is C29H24ClN3O4S2. The molecule has 0 radical (unpaired) electrons. The number of benzene rings is 3. The van der Waals surface area contributed by atoms with Crippen LogP contribution < -0.4 is 20.7 Å². The van der Waals surface area contributed by atoms with Crippen LogP contribution in [0.2, 0.25) is 5.02 Å². The Labute approximate surface area is 239 Å². The van der Waals surface area contributed by atoms with Crippen molar-refractivity contribution in [3.05, 3.63) is 111 Å². The van der Waals surface area contributed by atoms with Crippen LogP contribution in [0, 0.1) is 0 Å². The summed E-state index contributed by atoms with van der Waals surface area (Å²) in [5, 5.41) is 12.5. The van der Waals surface area contributed by atoms with Gasteiger partial charge in [0.2, 0.25) is 5.91 Å². The number of ether oxygens (including phenoxy) is 1. The summed E-state index contributed by atoms with van der Waals surface area (Å²) < 4.78 is 5.12. The summed E-state index contributed by atoms with van der Waals surface area (Å²) >= 11 is 8.95. The number of hydrogen-bond donors (Lipinski definition) is 3. The van der Waals surface area contributed by atoms with E-state index in [1.54, 1.807) is 60.7 Å². The van der Waals surface area contributed by atoms with Crippen molar-refractivity contribution in [3.8, 4) is 5.75 Å². The van der Waals surface area contributed by atoms with E-state index < -0.39 is 5.91 Å². The lowest BCUT2D eigenvalue weighted by Crippen LogP contribution is -2.30. The molecule has 4 aromatic rings. The Bertz CT molecular complexity index is 1470. The van der Waals surface area contributed by atoms with Crippen LogP contribution >= 0.6 is 34.7 Å². The van der Waals surface area contributed by atoms with Gasteiger partial charge in [-0.2, -0.15) is 11.3 Å². The van der Waals surface area contributed by atoms with E-state index >= 15 is 0 Å². The van der Waals surface area contributed by atoms with Gasteiger partial charge in [-0.15, -0.1) is 11.8 Å². The molecule has 3 amide bonds. The highest BCUT2D eigenvalue weighted by Crippen LogP contribution is 2.27. The van der Waals surface area contributed by atoms with Gasteiger partial charge in [0, 0.05) is 21.8 Å². The van der Waals surface area contributed by atoms with Gasteiger partial charge in [-0.1, -0.05) is 29.8 Å². The highest BCUT2D eigenvalue weighted by Gasteiger charge is 2.15. The van der Waals surface area contributed by atoms with Gasteiger partial charge in [0.05, 0.1) is 17.9 Å². The molecule has 0 aliphatic rings. The smallest absolute Gasteiger partial charge is 0.272 e. The van der Waals surface area contributed by atoms with E-state index in [0.717, 1.165) is 10.5 Å². The van der Waals surface area contributed by atoms with Crippen LogP contribution in [0.1, 0.15) is 15.9 Å². The predicted molar refractivity (Wildman–Crippen MR) is 159 cm³/mol. The lowest BCUT2D eigenvalue weighted by molar-refractivity contribution is -0.114. The minimum atomic E-state index is -0.455. The zero-order chi connectivity index (χ0) is 27.6. The summed E-state index contributed by atoms with van der Waals surface area (Å²) in [4.78, 5) is 39.0. The molecule has 0 saturated heterocycles. The van der Waals surface area contributed by atoms with Crippen LogP contribution in [-0.2, 0) is 9.59 Å². The Morgan fingerprint density at radius 2 is 1.69 bits per heavy atom. The lowest BCUT2D eigenvalue weighted by Gasteiger charge is -2.12. The summed E-state index contributed by atoms with van der Waals surface area (Å²) in [7, 11) is 1.53. The maximum absolute atomic E-state index is 13.1. The molecule has 3 aromatic carbocycles. The van der Waals surface area contributed by atoms with E-state index in [4.69, 9.17) is 16.3 Å². The molecule has 1 aromatic heterocycles. The number of methoxy groups -OCH3 is 1. The Kier molecular flexibility index (Phi) is 9.80. The molecule has 0 fully saturated rings. The minimum Gasteiger partial charge on any atom is -0.495 e. The first kappa shape index (κ1) is 28.0. The topological polar surface area (TPSA) is 96.5 Å². The highest BCUT2D eigenvalue weighted by atomic mass is 35.5. The van der Waals surface area contributed by atoms with Crippen LogP contribution in [0.5, 0.6) is 5.75 Å². The fourth-order valence-electron chi connectivity index (χ4n) is 3.39. The first-order valence-electron chi connectivity index (χ1n) is 11.7. The number of carbonyl (C=O) groups is 3. The molecule has 0 saturated carbocycles. The first-order chi connectivity index (χ1) is 18.9. The molecule has 0 aliphatic heterocycles. The van der Waals surface area contributed by atoms with Crippen LogP contribution in [0.4, 0.5) is 11.4 Å². The number of halogens is 1. The normalized spacial score (nSPS) is 11.0. The lowest BCUT2D eigenvalue weighted by atomic mass is 10.2. The SMILES string of the molecule is COc1ccc(NC(=O)CSc2ccc(NC(=O)/C(=C/c3ccsc3)NC(=O)c3ccccc3)cc2)cc1Cl. The van der Waals surface area contributed by atoms with Gasteiger partial charge in [-0.05, 0) is 83.1 Å². The Balaban J connectivity index is 1.35. The standard InChI is InChI=1S/C29H24ClN3O4S2/c1-37-26-12-9-22(16-24(26)30)31-27(34)18-39-23-10-7-21(8-11-23)32-29(36)25(15-19-13-14-38-17-19)33-28(35)20-5-3-2-4-6-20/h2-17H,18H2,1H3,(H,31,34)(H,32,36)(H,33,35)/b25-15-. The number of carbonyl (C=O) groups excluding carboxylic acids is 3. The molecule has 0 bridgehead atoms.